The number of ether oxygens (including phenoxy) is 3. The maximum atomic E-state index is 12.7. The van der Waals surface area contributed by atoms with Gasteiger partial charge in [-0.15, -0.1) is 0 Å². The molecule has 0 aliphatic carbocycles. The van der Waals surface area contributed by atoms with E-state index in [-0.39, 0.29) is 36.2 Å². The average molecular weight is 803 g/mol. The highest BCUT2D eigenvalue weighted by Crippen LogP contribution is 2.14. The normalized spacial score (nSPS) is 13.4. The Morgan fingerprint density at radius 2 is 0.982 bits per heavy atom. The summed E-state index contributed by atoms with van der Waals surface area (Å²) in [7, 11) is 5.52. The number of rotatable bonds is 41. The molecule has 0 aromatic carbocycles. The Bertz CT molecular complexity index is 1070. The highest BCUT2D eigenvalue weighted by Gasteiger charge is 2.31. The van der Waals surface area contributed by atoms with Crippen molar-refractivity contribution in [1.29, 1.82) is 0 Å². The Balaban J connectivity index is 4.33. The number of hydrogen-bond acceptors (Lipinski definition) is 6. The van der Waals surface area contributed by atoms with Crippen molar-refractivity contribution < 1.29 is 38.2 Å². The van der Waals surface area contributed by atoms with Crippen molar-refractivity contribution in [3.63, 3.8) is 0 Å². The molecule has 0 bridgehead atoms. The molecule has 0 fully saturated rings. The third-order valence-corrected chi connectivity index (χ3v) is 10.2. The molecule has 8 heteroatoms. The number of hydrogen-bond donors (Lipinski definition) is 1. The van der Waals surface area contributed by atoms with E-state index in [1.807, 2.05) is 21.1 Å². The Labute approximate surface area is 350 Å². The van der Waals surface area contributed by atoms with Crippen molar-refractivity contribution in [2.75, 3.05) is 41.0 Å². The van der Waals surface area contributed by atoms with Gasteiger partial charge in [-0.1, -0.05) is 152 Å². The third kappa shape index (κ3) is 38.6. The monoisotopic (exact) mass is 803 g/mol. The highest BCUT2D eigenvalue weighted by molar-refractivity contribution is 5.72. The lowest BCUT2D eigenvalue weighted by molar-refractivity contribution is -0.887. The van der Waals surface area contributed by atoms with Gasteiger partial charge in [0.2, 0.25) is 0 Å². The molecule has 0 rings (SSSR count). The first-order valence-electron chi connectivity index (χ1n) is 23.2. The molecule has 330 valence electrons. The smallest absolute Gasteiger partial charge is 0.362 e. The van der Waals surface area contributed by atoms with Crippen LogP contribution in [0, 0.1) is 0 Å². The van der Waals surface area contributed by atoms with E-state index < -0.39 is 18.1 Å². The van der Waals surface area contributed by atoms with Gasteiger partial charge in [0.05, 0.1) is 34.4 Å². The van der Waals surface area contributed by atoms with Crippen molar-refractivity contribution in [2.45, 2.75) is 206 Å². The van der Waals surface area contributed by atoms with Crippen LogP contribution >= 0.6 is 0 Å². The lowest BCUT2D eigenvalue weighted by atomic mass is 10.1. The molecule has 0 radical (unpaired) electrons. The van der Waals surface area contributed by atoms with Crippen LogP contribution in [-0.2, 0) is 28.6 Å². The number of allylic oxidation sites excluding steroid dienone is 8. The molecular weight excluding hydrogens is 715 g/mol. The van der Waals surface area contributed by atoms with Crippen molar-refractivity contribution in [3.05, 3.63) is 48.6 Å². The largest absolute Gasteiger partial charge is 0.477 e. The number of aliphatic carboxylic acids is 1. The van der Waals surface area contributed by atoms with Crippen molar-refractivity contribution >= 4 is 17.9 Å². The number of likely N-dealkylation sites (N-methyl/N-ethyl adjacent to an activating group) is 1. The Hall–Kier alpha value is -2.71. The summed E-state index contributed by atoms with van der Waals surface area (Å²) in [6, 6.07) is -0.619. The number of carbonyl (C=O) groups excluding carboxylic acids is 2. The fourth-order valence-electron chi connectivity index (χ4n) is 6.63. The van der Waals surface area contributed by atoms with Gasteiger partial charge in [0.1, 0.15) is 6.61 Å². The van der Waals surface area contributed by atoms with Gasteiger partial charge in [0.25, 0.3) is 0 Å². The predicted molar refractivity (Wildman–Crippen MR) is 238 cm³/mol. The fourth-order valence-corrected chi connectivity index (χ4v) is 6.63. The summed E-state index contributed by atoms with van der Waals surface area (Å²) >= 11 is 0. The maximum Gasteiger partial charge on any atom is 0.362 e. The minimum atomic E-state index is -0.879. The summed E-state index contributed by atoms with van der Waals surface area (Å²) in [5.74, 6) is -1.50. The number of carboxylic acids is 1. The molecule has 8 nitrogen and oxygen atoms in total. The second-order valence-corrected chi connectivity index (χ2v) is 16.6. The number of unbranched alkanes of at least 4 members (excludes halogenated alkanes) is 19. The topological polar surface area (TPSA) is 99.1 Å². The van der Waals surface area contributed by atoms with Gasteiger partial charge in [-0.25, -0.2) is 4.79 Å². The van der Waals surface area contributed by atoms with Gasteiger partial charge < -0.3 is 23.8 Å². The van der Waals surface area contributed by atoms with Gasteiger partial charge >= 0.3 is 17.9 Å². The van der Waals surface area contributed by atoms with Crippen LogP contribution < -0.4 is 0 Å². The summed E-state index contributed by atoms with van der Waals surface area (Å²) in [5, 5.41) is 9.63. The van der Waals surface area contributed by atoms with E-state index in [0.717, 1.165) is 70.6 Å². The van der Waals surface area contributed by atoms with E-state index in [9.17, 15) is 19.5 Å². The molecule has 0 amide bonds. The number of esters is 2. The molecule has 0 aromatic rings. The highest BCUT2D eigenvalue weighted by atomic mass is 16.6. The van der Waals surface area contributed by atoms with Gasteiger partial charge in [-0.2, -0.15) is 0 Å². The van der Waals surface area contributed by atoms with Crippen LogP contribution in [0.25, 0.3) is 0 Å². The molecule has 1 N–H and O–H groups in total. The number of carboxylic acid groups (broad SMARTS) is 1. The van der Waals surface area contributed by atoms with E-state index in [2.05, 4.69) is 62.5 Å². The summed E-state index contributed by atoms with van der Waals surface area (Å²) in [6.45, 7) is 4.60. The zero-order chi connectivity index (χ0) is 42.1. The molecular formula is C49H88NO7+. The first kappa shape index (κ1) is 54.3. The van der Waals surface area contributed by atoms with Crippen molar-refractivity contribution in [3.8, 4) is 0 Å². The minimum Gasteiger partial charge on any atom is -0.477 e. The maximum absolute atomic E-state index is 12.7. The lowest BCUT2D eigenvalue weighted by Gasteiger charge is -2.31. The second-order valence-electron chi connectivity index (χ2n) is 16.6. The lowest BCUT2D eigenvalue weighted by Crippen LogP contribution is -2.50. The third-order valence-electron chi connectivity index (χ3n) is 10.2. The number of quaternary nitrogens is 1. The molecule has 0 aromatic heterocycles. The van der Waals surface area contributed by atoms with Crippen LogP contribution in [0.1, 0.15) is 194 Å². The van der Waals surface area contributed by atoms with Crippen LogP contribution in [0.2, 0.25) is 0 Å². The molecule has 0 aliphatic rings. The minimum absolute atomic E-state index is 0.0517. The molecule has 0 heterocycles. The first-order valence-corrected chi connectivity index (χ1v) is 23.2. The summed E-state index contributed by atoms with van der Waals surface area (Å²) in [6.07, 6.45) is 47.3. The van der Waals surface area contributed by atoms with Crippen LogP contribution in [0.3, 0.4) is 0 Å². The molecule has 0 saturated heterocycles. The van der Waals surface area contributed by atoms with Crippen LogP contribution in [0.15, 0.2) is 48.6 Å². The van der Waals surface area contributed by atoms with E-state index in [1.165, 1.54) is 89.9 Å². The summed E-state index contributed by atoms with van der Waals surface area (Å²) in [5.41, 5.74) is 0. The van der Waals surface area contributed by atoms with Crippen LogP contribution in [0.5, 0.6) is 0 Å². The first-order chi connectivity index (χ1) is 27.6. The van der Waals surface area contributed by atoms with Crippen molar-refractivity contribution in [2.24, 2.45) is 0 Å². The zero-order valence-electron chi connectivity index (χ0n) is 37.5. The Morgan fingerprint density at radius 1 is 0.544 bits per heavy atom. The molecule has 0 spiro atoms. The van der Waals surface area contributed by atoms with Gasteiger partial charge in [0, 0.05) is 19.3 Å². The standard InChI is InChI=1S/C49H87NO7/c1-6-8-10-12-14-16-18-20-22-23-24-25-26-28-30-32-34-36-38-40-48(52)57-45(43-55-42-41-46(49(53)54)50(3,4)5)44-56-47(51)39-37-35-33-31-29-27-21-19-17-15-13-11-9-7-2/h9,11,15,17,21,23-24,27,45-46H,6-8,10,12-14,16,18-20,22,25-26,28-44H2,1-5H3/p+1/b11-9+,17-15+,24-23+,27-21+. The summed E-state index contributed by atoms with van der Waals surface area (Å²) < 4.78 is 17.3. The molecule has 57 heavy (non-hydrogen) atoms. The Kier molecular flexibility index (Phi) is 38.2. The van der Waals surface area contributed by atoms with Crippen molar-refractivity contribution in [1.82, 2.24) is 0 Å². The van der Waals surface area contributed by atoms with Gasteiger partial charge in [-0.3, -0.25) is 9.59 Å². The van der Waals surface area contributed by atoms with Gasteiger partial charge in [-0.05, 0) is 70.6 Å². The van der Waals surface area contributed by atoms with E-state index in [0.29, 0.717) is 19.3 Å². The quantitative estimate of drug-likeness (QED) is 0.0284. The predicted octanol–water partition coefficient (Wildman–Crippen LogP) is 12.8. The zero-order valence-corrected chi connectivity index (χ0v) is 37.5. The molecule has 2 atom stereocenters. The second kappa shape index (κ2) is 40.1. The SMILES string of the molecule is CC/C=C/C/C=C/C/C=C/CCCCCCC(=O)OCC(COCCC(C(=O)O)[N+](C)(C)C)OC(=O)CCCCCCCCC/C=C/CCCCCCCCCC. The van der Waals surface area contributed by atoms with Crippen LogP contribution in [-0.4, -0.2) is 80.6 Å². The number of nitrogens with zero attached hydrogens (tertiary/aromatic N) is 1. The van der Waals surface area contributed by atoms with Crippen LogP contribution in [0.4, 0.5) is 0 Å². The number of carbonyl (C=O) groups is 3. The fraction of sp³-hybridized carbons (Fsp3) is 0.776. The molecule has 0 saturated carbocycles. The molecule has 0 aliphatic heterocycles. The van der Waals surface area contributed by atoms with E-state index in [1.54, 1.807) is 0 Å². The Morgan fingerprint density at radius 3 is 1.47 bits per heavy atom. The van der Waals surface area contributed by atoms with E-state index >= 15 is 0 Å². The van der Waals surface area contributed by atoms with Gasteiger partial charge in [0.15, 0.2) is 12.1 Å². The molecule has 2 unspecified atom stereocenters. The average Bonchev–Trinajstić information content (AvgIpc) is 3.17. The summed E-state index contributed by atoms with van der Waals surface area (Å²) in [4.78, 5) is 37.0. The van der Waals surface area contributed by atoms with E-state index in [4.69, 9.17) is 14.2 Å².